The van der Waals surface area contributed by atoms with Crippen molar-refractivity contribution in [1.82, 2.24) is 10.2 Å². The van der Waals surface area contributed by atoms with Gasteiger partial charge in [-0.1, -0.05) is 27.7 Å². The second-order valence-electron chi connectivity index (χ2n) is 5.58. The predicted octanol–water partition coefficient (Wildman–Crippen LogP) is 1.55. The summed E-state index contributed by atoms with van der Waals surface area (Å²) in [6.07, 6.45) is 1.87. The number of hydrogen-bond acceptors (Lipinski definition) is 3. The summed E-state index contributed by atoms with van der Waals surface area (Å²) in [6.45, 7) is 9.42. The molecule has 4 nitrogen and oxygen atoms in total. The van der Waals surface area contributed by atoms with Crippen molar-refractivity contribution in [2.75, 3.05) is 13.1 Å². The van der Waals surface area contributed by atoms with Crippen LogP contribution in [0.3, 0.4) is 0 Å². The first-order valence-corrected chi connectivity index (χ1v) is 6.46. The highest BCUT2D eigenvalue weighted by molar-refractivity contribution is 5.98. The van der Waals surface area contributed by atoms with Crippen LogP contribution in [-0.2, 0) is 9.59 Å². The molecule has 0 bridgehead atoms. The van der Waals surface area contributed by atoms with Gasteiger partial charge in [-0.05, 0) is 18.4 Å². The van der Waals surface area contributed by atoms with E-state index in [2.05, 4.69) is 12.2 Å². The molecule has 1 atom stereocenters. The number of likely N-dealkylation sites (N-methyl/N-ethyl adjacent to an activating group) is 1. The molecule has 1 heterocycles. The number of piperidine rings is 1. The second kappa shape index (κ2) is 5.63. The summed E-state index contributed by atoms with van der Waals surface area (Å²) in [7, 11) is 0. The van der Waals surface area contributed by atoms with Crippen LogP contribution in [0.2, 0.25) is 0 Å². The van der Waals surface area contributed by atoms with Gasteiger partial charge in [-0.25, -0.2) is 0 Å². The Labute approximate surface area is 104 Å². The van der Waals surface area contributed by atoms with Gasteiger partial charge in [0.25, 0.3) is 0 Å². The normalized spacial score (nSPS) is 21.8. The third kappa shape index (κ3) is 3.80. The number of amides is 2. The molecule has 1 aliphatic heterocycles. The summed E-state index contributed by atoms with van der Waals surface area (Å²) >= 11 is 0. The Bertz CT molecular complexity index is 280. The van der Waals surface area contributed by atoms with E-state index in [1.807, 2.05) is 20.8 Å². The van der Waals surface area contributed by atoms with Gasteiger partial charge in [0.05, 0.1) is 0 Å². The van der Waals surface area contributed by atoms with Gasteiger partial charge in [0.2, 0.25) is 11.8 Å². The van der Waals surface area contributed by atoms with Crippen molar-refractivity contribution in [3.63, 3.8) is 0 Å². The Morgan fingerprint density at radius 3 is 2.18 bits per heavy atom. The molecule has 0 aliphatic carbocycles. The molecule has 1 fully saturated rings. The molecule has 0 aromatic heterocycles. The zero-order chi connectivity index (χ0) is 13.1. The topological polar surface area (TPSA) is 49.4 Å². The SMILES string of the molecule is CCNC(CC)CN1C(=O)CC(C)(C)CC1=O. The van der Waals surface area contributed by atoms with Crippen molar-refractivity contribution >= 4 is 11.8 Å². The molecule has 98 valence electrons. The van der Waals surface area contributed by atoms with E-state index >= 15 is 0 Å². The molecule has 1 N–H and O–H groups in total. The zero-order valence-corrected chi connectivity index (χ0v) is 11.4. The van der Waals surface area contributed by atoms with Gasteiger partial charge in [-0.3, -0.25) is 14.5 Å². The Morgan fingerprint density at radius 1 is 1.24 bits per heavy atom. The third-order valence-electron chi connectivity index (χ3n) is 3.25. The molecule has 1 saturated heterocycles. The highest BCUT2D eigenvalue weighted by atomic mass is 16.2. The molecule has 1 aliphatic rings. The van der Waals surface area contributed by atoms with Gasteiger partial charge < -0.3 is 5.32 Å². The lowest BCUT2D eigenvalue weighted by Gasteiger charge is -2.36. The van der Waals surface area contributed by atoms with Crippen LogP contribution in [-0.4, -0.2) is 35.8 Å². The molecule has 17 heavy (non-hydrogen) atoms. The Balaban J connectivity index is 2.65. The van der Waals surface area contributed by atoms with Crippen molar-refractivity contribution in [2.45, 2.75) is 53.0 Å². The molecule has 0 saturated carbocycles. The van der Waals surface area contributed by atoms with Gasteiger partial charge in [-0.2, -0.15) is 0 Å². The number of carbonyl (C=O) groups excluding carboxylic acids is 2. The molecule has 1 unspecified atom stereocenters. The zero-order valence-electron chi connectivity index (χ0n) is 11.4. The van der Waals surface area contributed by atoms with E-state index in [1.165, 1.54) is 4.90 Å². The van der Waals surface area contributed by atoms with Gasteiger partial charge in [0, 0.05) is 25.4 Å². The van der Waals surface area contributed by atoms with Crippen LogP contribution < -0.4 is 5.32 Å². The minimum absolute atomic E-state index is 0.0254. The maximum absolute atomic E-state index is 12.0. The number of carbonyl (C=O) groups is 2. The minimum Gasteiger partial charge on any atom is -0.312 e. The van der Waals surface area contributed by atoms with Crippen molar-refractivity contribution in [3.05, 3.63) is 0 Å². The fraction of sp³-hybridized carbons (Fsp3) is 0.846. The summed E-state index contributed by atoms with van der Waals surface area (Å²) < 4.78 is 0. The van der Waals surface area contributed by atoms with Gasteiger partial charge in [0.1, 0.15) is 0 Å². The van der Waals surface area contributed by atoms with Crippen LogP contribution in [0.4, 0.5) is 0 Å². The number of rotatable bonds is 5. The number of hydrogen-bond donors (Lipinski definition) is 1. The van der Waals surface area contributed by atoms with E-state index in [-0.39, 0.29) is 23.3 Å². The highest BCUT2D eigenvalue weighted by Crippen LogP contribution is 2.31. The summed E-state index contributed by atoms with van der Waals surface area (Å²) in [5.74, 6) is -0.0507. The van der Waals surface area contributed by atoms with E-state index in [0.717, 1.165) is 13.0 Å². The molecule has 0 aromatic carbocycles. The maximum Gasteiger partial charge on any atom is 0.229 e. The third-order valence-corrected chi connectivity index (χ3v) is 3.25. The average molecular weight is 240 g/mol. The van der Waals surface area contributed by atoms with Crippen LogP contribution in [0.1, 0.15) is 47.0 Å². The Kier molecular flexibility index (Phi) is 4.69. The first-order chi connectivity index (χ1) is 7.89. The first kappa shape index (κ1) is 14.2. The van der Waals surface area contributed by atoms with E-state index in [9.17, 15) is 9.59 Å². The highest BCUT2D eigenvalue weighted by Gasteiger charge is 2.37. The molecule has 1 rings (SSSR count). The summed E-state index contributed by atoms with van der Waals surface area (Å²) in [4.78, 5) is 25.3. The standard InChI is InChI=1S/C13H24N2O2/c1-5-10(14-6-2)9-15-11(16)7-13(3,4)8-12(15)17/h10,14H,5-9H2,1-4H3. The van der Waals surface area contributed by atoms with Crippen LogP contribution in [0.15, 0.2) is 0 Å². The van der Waals surface area contributed by atoms with E-state index < -0.39 is 0 Å². The summed E-state index contributed by atoms with van der Waals surface area (Å²) in [5, 5.41) is 3.30. The lowest BCUT2D eigenvalue weighted by molar-refractivity contribution is -0.152. The van der Waals surface area contributed by atoms with Crippen LogP contribution in [0.25, 0.3) is 0 Å². The lowest BCUT2D eigenvalue weighted by atomic mass is 9.81. The lowest BCUT2D eigenvalue weighted by Crippen LogP contribution is -2.51. The van der Waals surface area contributed by atoms with E-state index in [1.54, 1.807) is 0 Å². The van der Waals surface area contributed by atoms with Crippen LogP contribution >= 0.6 is 0 Å². The van der Waals surface area contributed by atoms with Crippen molar-refractivity contribution in [3.8, 4) is 0 Å². The fourth-order valence-electron chi connectivity index (χ4n) is 2.26. The monoisotopic (exact) mass is 240 g/mol. The molecule has 0 spiro atoms. The van der Waals surface area contributed by atoms with Crippen molar-refractivity contribution in [1.29, 1.82) is 0 Å². The van der Waals surface area contributed by atoms with Crippen LogP contribution in [0, 0.1) is 5.41 Å². The Hall–Kier alpha value is -0.900. The molecular weight excluding hydrogens is 216 g/mol. The number of nitrogens with zero attached hydrogens (tertiary/aromatic N) is 1. The first-order valence-electron chi connectivity index (χ1n) is 6.46. The minimum atomic E-state index is -0.176. The smallest absolute Gasteiger partial charge is 0.229 e. The molecule has 0 radical (unpaired) electrons. The fourth-order valence-corrected chi connectivity index (χ4v) is 2.26. The van der Waals surface area contributed by atoms with Gasteiger partial charge in [0.15, 0.2) is 0 Å². The number of imide groups is 1. The molecular formula is C13H24N2O2. The maximum atomic E-state index is 12.0. The molecule has 4 heteroatoms. The van der Waals surface area contributed by atoms with Crippen molar-refractivity contribution < 1.29 is 9.59 Å². The number of nitrogens with one attached hydrogen (secondary N) is 1. The molecule has 0 aromatic rings. The van der Waals surface area contributed by atoms with E-state index in [4.69, 9.17) is 0 Å². The summed E-state index contributed by atoms with van der Waals surface area (Å²) in [5.41, 5.74) is -0.176. The summed E-state index contributed by atoms with van der Waals surface area (Å²) in [6, 6.07) is 0.217. The number of likely N-dealkylation sites (tertiary alicyclic amines) is 1. The Morgan fingerprint density at radius 2 is 1.76 bits per heavy atom. The largest absolute Gasteiger partial charge is 0.312 e. The van der Waals surface area contributed by atoms with Gasteiger partial charge in [-0.15, -0.1) is 0 Å². The van der Waals surface area contributed by atoms with E-state index in [0.29, 0.717) is 19.4 Å². The average Bonchev–Trinajstić information content (AvgIpc) is 2.20. The quantitative estimate of drug-likeness (QED) is 0.742. The second-order valence-corrected chi connectivity index (χ2v) is 5.58. The molecule has 2 amide bonds. The van der Waals surface area contributed by atoms with Gasteiger partial charge >= 0.3 is 0 Å². The van der Waals surface area contributed by atoms with Crippen molar-refractivity contribution in [2.24, 2.45) is 5.41 Å². The predicted molar refractivity (Wildman–Crippen MR) is 67.5 cm³/mol. The van der Waals surface area contributed by atoms with Crippen LogP contribution in [0.5, 0.6) is 0 Å².